The minimum Gasteiger partial charge on any atom is -0.494 e. The van der Waals surface area contributed by atoms with Crippen molar-refractivity contribution < 1.29 is 17.5 Å². The van der Waals surface area contributed by atoms with Crippen molar-refractivity contribution in [3.63, 3.8) is 0 Å². The molecule has 0 N–H and O–H groups in total. The van der Waals surface area contributed by atoms with E-state index in [2.05, 4.69) is 10.2 Å². The van der Waals surface area contributed by atoms with Crippen LogP contribution in [0.4, 0.5) is 10.1 Å². The van der Waals surface area contributed by atoms with Gasteiger partial charge >= 0.3 is 0 Å². The highest BCUT2D eigenvalue weighted by atomic mass is 32.2. The van der Waals surface area contributed by atoms with E-state index in [1.807, 2.05) is 6.92 Å². The molecule has 0 aliphatic heterocycles. The first-order valence-corrected chi connectivity index (χ1v) is 10.7. The average molecular weight is 426 g/mol. The molecule has 2 heterocycles. The van der Waals surface area contributed by atoms with E-state index in [0.717, 1.165) is 0 Å². The first-order valence-electron chi connectivity index (χ1n) is 9.27. The third-order valence-electron chi connectivity index (χ3n) is 4.56. The topological polar surface area (TPSA) is 76.8 Å². The maximum atomic E-state index is 14.3. The summed E-state index contributed by atoms with van der Waals surface area (Å²) in [6, 6.07) is 15.8. The lowest BCUT2D eigenvalue weighted by molar-refractivity contribution is 0.340. The Balaban J connectivity index is 1.79. The van der Waals surface area contributed by atoms with Crippen molar-refractivity contribution in [2.75, 3.05) is 10.9 Å². The number of pyridine rings is 1. The van der Waals surface area contributed by atoms with Crippen LogP contribution < -0.4 is 9.04 Å². The molecular formula is C21H19FN4O3S. The Bertz CT molecular complexity index is 1270. The van der Waals surface area contributed by atoms with E-state index in [4.69, 9.17) is 4.74 Å². The fourth-order valence-corrected chi connectivity index (χ4v) is 4.51. The molecule has 2 aromatic carbocycles. The smallest absolute Gasteiger partial charge is 0.266 e. The highest BCUT2D eigenvalue weighted by Crippen LogP contribution is 2.28. The van der Waals surface area contributed by atoms with Gasteiger partial charge in [0.15, 0.2) is 5.65 Å². The molecule has 0 aliphatic rings. The number of fused-ring (bicyclic) bond motifs is 1. The van der Waals surface area contributed by atoms with Crippen LogP contribution in [0.3, 0.4) is 0 Å². The van der Waals surface area contributed by atoms with E-state index in [9.17, 15) is 12.8 Å². The van der Waals surface area contributed by atoms with Crippen molar-refractivity contribution >= 4 is 21.4 Å². The van der Waals surface area contributed by atoms with Crippen LogP contribution >= 0.6 is 0 Å². The van der Waals surface area contributed by atoms with Gasteiger partial charge in [0.1, 0.15) is 22.8 Å². The molecular weight excluding hydrogens is 407 g/mol. The van der Waals surface area contributed by atoms with Crippen molar-refractivity contribution in [3.8, 4) is 5.75 Å². The predicted octanol–water partition coefficient (Wildman–Crippen LogP) is 3.66. The Labute approximate surface area is 173 Å². The van der Waals surface area contributed by atoms with Crippen molar-refractivity contribution in [2.45, 2.75) is 18.4 Å². The van der Waals surface area contributed by atoms with Gasteiger partial charge < -0.3 is 4.74 Å². The summed E-state index contributed by atoms with van der Waals surface area (Å²) in [6.07, 6.45) is 2.86. The van der Waals surface area contributed by atoms with Crippen LogP contribution in [0.2, 0.25) is 0 Å². The second kappa shape index (κ2) is 8.11. The third-order valence-corrected chi connectivity index (χ3v) is 6.32. The van der Waals surface area contributed by atoms with E-state index >= 15 is 0 Å². The minimum atomic E-state index is -4.01. The molecule has 0 amide bonds. The molecule has 0 bridgehead atoms. The van der Waals surface area contributed by atoms with E-state index in [0.29, 0.717) is 23.7 Å². The van der Waals surface area contributed by atoms with Gasteiger partial charge in [-0.1, -0.05) is 18.2 Å². The van der Waals surface area contributed by atoms with Crippen molar-refractivity contribution in [1.29, 1.82) is 0 Å². The lowest BCUT2D eigenvalue weighted by Crippen LogP contribution is -2.31. The fourth-order valence-electron chi connectivity index (χ4n) is 3.06. The van der Waals surface area contributed by atoms with Crippen LogP contribution in [0.15, 0.2) is 78.1 Å². The highest BCUT2D eigenvalue weighted by molar-refractivity contribution is 7.92. The summed E-state index contributed by atoms with van der Waals surface area (Å²) in [7, 11) is -4.01. The maximum Gasteiger partial charge on any atom is 0.266 e. The summed E-state index contributed by atoms with van der Waals surface area (Å²) >= 11 is 0. The number of hydrogen-bond donors (Lipinski definition) is 0. The van der Waals surface area contributed by atoms with Crippen LogP contribution in [0, 0.1) is 5.82 Å². The van der Waals surface area contributed by atoms with Gasteiger partial charge in [-0.15, -0.1) is 10.2 Å². The molecule has 2 aromatic heterocycles. The molecule has 0 spiro atoms. The fraction of sp³-hybridized carbons (Fsp3) is 0.143. The van der Waals surface area contributed by atoms with E-state index in [1.54, 1.807) is 48.5 Å². The van der Waals surface area contributed by atoms with Crippen molar-refractivity contribution in [2.24, 2.45) is 0 Å². The summed E-state index contributed by atoms with van der Waals surface area (Å²) in [5.74, 6) is 0.147. The molecule has 0 radical (unpaired) electrons. The molecule has 0 saturated carbocycles. The van der Waals surface area contributed by atoms with E-state index in [1.165, 1.54) is 33.4 Å². The van der Waals surface area contributed by atoms with Gasteiger partial charge in [-0.2, -0.15) is 0 Å². The molecule has 154 valence electrons. The van der Waals surface area contributed by atoms with Crippen molar-refractivity contribution in [3.05, 3.63) is 84.6 Å². The number of rotatable bonds is 7. The Morgan fingerprint density at radius 3 is 2.57 bits per heavy atom. The van der Waals surface area contributed by atoms with Crippen molar-refractivity contribution in [1.82, 2.24) is 14.6 Å². The number of ether oxygens (including phenoxy) is 1. The summed E-state index contributed by atoms with van der Waals surface area (Å²) in [5, 5.41) is 7.67. The molecule has 4 aromatic rings. The number of anilines is 1. The molecule has 30 heavy (non-hydrogen) atoms. The molecule has 0 fully saturated rings. The molecule has 0 atom stereocenters. The Kier molecular flexibility index (Phi) is 5.37. The van der Waals surface area contributed by atoms with E-state index < -0.39 is 15.8 Å². The molecule has 9 heteroatoms. The lowest BCUT2D eigenvalue weighted by atomic mass is 10.2. The number of hydrogen-bond acceptors (Lipinski definition) is 5. The second-order valence-corrected chi connectivity index (χ2v) is 8.35. The Morgan fingerprint density at radius 1 is 1.07 bits per heavy atom. The predicted molar refractivity (Wildman–Crippen MR) is 110 cm³/mol. The number of benzene rings is 2. The van der Waals surface area contributed by atoms with Gasteiger partial charge in [0.2, 0.25) is 0 Å². The summed E-state index contributed by atoms with van der Waals surface area (Å²) < 4.78 is 49.5. The Morgan fingerprint density at radius 2 is 1.83 bits per heavy atom. The third kappa shape index (κ3) is 3.84. The number of nitrogens with zero attached hydrogens (tertiary/aromatic N) is 4. The van der Waals surface area contributed by atoms with Crippen LogP contribution in [0.5, 0.6) is 5.75 Å². The first kappa shape index (κ1) is 19.8. The van der Waals surface area contributed by atoms with Gasteiger partial charge in [-0.25, -0.2) is 12.8 Å². The SMILES string of the molecule is CCOc1ccc(N(Cc2ccccc2F)S(=O)(=O)c2ccc3nncn3c2)cc1. The zero-order chi connectivity index (χ0) is 21.1. The lowest BCUT2D eigenvalue weighted by Gasteiger charge is -2.25. The average Bonchev–Trinajstić information content (AvgIpc) is 3.22. The maximum absolute atomic E-state index is 14.3. The van der Waals surface area contributed by atoms with Gasteiger partial charge in [0.05, 0.1) is 18.8 Å². The van der Waals surface area contributed by atoms with Gasteiger partial charge in [0.25, 0.3) is 10.0 Å². The molecule has 0 saturated heterocycles. The quantitative estimate of drug-likeness (QED) is 0.451. The summed E-state index contributed by atoms with van der Waals surface area (Å²) in [5.41, 5.74) is 1.18. The normalized spacial score (nSPS) is 11.5. The van der Waals surface area contributed by atoms with Gasteiger partial charge in [0, 0.05) is 11.8 Å². The van der Waals surface area contributed by atoms with Crippen LogP contribution in [-0.4, -0.2) is 29.6 Å². The van der Waals surface area contributed by atoms with Crippen LogP contribution in [0.1, 0.15) is 12.5 Å². The first-order chi connectivity index (χ1) is 14.5. The zero-order valence-electron chi connectivity index (χ0n) is 16.1. The largest absolute Gasteiger partial charge is 0.494 e. The number of sulfonamides is 1. The standard InChI is InChI=1S/C21H19FN4O3S/c1-2-29-18-9-7-17(8-10-18)26(13-16-5-3-4-6-20(16)22)30(27,28)19-11-12-21-24-23-15-25(21)14-19/h3-12,14-15H,2,13H2,1H3. The van der Waals surface area contributed by atoms with Crippen LogP contribution in [-0.2, 0) is 16.6 Å². The molecule has 7 nitrogen and oxygen atoms in total. The Hall–Kier alpha value is -3.46. The minimum absolute atomic E-state index is 0.0417. The van der Waals surface area contributed by atoms with Gasteiger partial charge in [-0.05, 0) is 49.4 Å². The molecule has 4 rings (SSSR count). The second-order valence-electron chi connectivity index (χ2n) is 6.49. The summed E-state index contributed by atoms with van der Waals surface area (Å²) in [4.78, 5) is 0.0417. The number of aromatic nitrogens is 3. The number of halogens is 1. The zero-order valence-corrected chi connectivity index (χ0v) is 17.0. The molecule has 0 unspecified atom stereocenters. The van der Waals surface area contributed by atoms with E-state index in [-0.39, 0.29) is 17.0 Å². The highest BCUT2D eigenvalue weighted by Gasteiger charge is 2.27. The monoisotopic (exact) mass is 426 g/mol. The molecule has 0 aliphatic carbocycles. The summed E-state index contributed by atoms with van der Waals surface area (Å²) in [6.45, 7) is 2.20. The van der Waals surface area contributed by atoms with Gasteiger partial charge in [-0.3, -0.25) is 8.71 Å². The van der Waals surface area contributed by atoms with Crippen LogP contribution in [0.25, 0.3) is 5.65 Å².